The molecule has 5 heteroatoms. The second-order valence-electron chi connectivity index (χ2n) is 4.57. The van der Waals surface area contributed by atoms with Gasteiger partial charge in [-0.05, 0) is 44.5 Å². The average Bonchev–Trinajstić information content (AvgIpc) is 2.42. The maximum atomic E-state index is 11.9. The van der Waals surface area contributed by atoms with Crippen LogP contribution in [-0.4, -0.2) is 19.1 Å². The lowest BCUT2D eigenvalue weighted by Gasteiger charge is -2.12. The van der Waals surface area contributed by atoms with Crippen LogP contribution in [0.2, 0.25) is 0 Å². The topological polar surface area (TPSA) is 64.3 Å². The van der Waals surface area contributed by atoms with E-state index in [0.29, 0.717) is 18.8 Å². The van der Waals surface area contributed by atoms with Gasteiger partial charge in [0.1, 0.15) is 5.75 Å². The Balaban J connectivity index is 2.44. The van der Waals surface area contributed by atoms with Crippen LogP contribution in [0.3, 0.4) is 0 Å². The first-order chi connectivity index (χ1) is 9.67. The lowest BCUT2D eigenvalue weighted by atomic mass is 10.1. The fourth-order valence-electron chi connectivity index (χ4n) is 1.87. The van der Waals surface area contributed by atoms with Gasteiger partial charge in [-0.3, -0.25) is 4.79 Å². The van der Waals surface area contributed by atoms with Crippen molar-refractivity contribution in [1.29, 1.82) is 0 Å². The normalized spacial score (nSPS) is 10.3. The van der Waals surface area contributed by atoms with E-state index in [1.807, 2.05) is 25.1 Å². The molecule has 4 nitrogen and oxygen atoms in total. The van der Waals surface area contributed by atoms with E-state index >= 15 is 0 Å². The van der Waals surface area contributed by atoms with Crippen LogP contribution in [0.4, 0.5) is 5.69 Å². The number of hydrogen-bond acceptors (Lipinski definition) is 3. The molecule has 1 rings (SSSR count). The number of rotatable bonds is 9. The zero-order valence-corrected chi connectivity index (χ0v) is 13.5. The van der Waals surface area contributed by atoms with Gasteiger partial charge in [0.05, 0.1) is 12.3 Å². The van der Waals surface area contributed by atoms with E-state index in [1.165, 1.54) is 0 Å². The maximum absolute atomic E-state index is 11.9. The monoisotopic (exact) mass is 342 g/mol. The molecule has 0 aliphatic heterocycles. The summed E-state index contributed by atoms with van der Waals surface area (Å²) in [7, 11) is 0. The minimum Gasteiger partial charge on any atom is -0.492 e. The summed E-state index contributed by atoms with van der Waals surface area (Å²) in [6.07, 6.45) is 4.59. The summed E-state index contributed by atoms with van der Waals surface area (Å²) in [4.78, 5) is 11.9. The van der Waals surface area contributed by atoms with Crippen molar-refractivity contribution in [3.05, 3.63) is 22.7 Å². The molecule has 0 fully saturated rings. The van der Waals surface area contributed by atoms with Crippen molar-refractivity contribution in [3.63, 3.8) is 0 Å². The zero-order valence-electron chi connectivity index (χ0n) is 12.0. The molecular weight excluding hydrogens is 320 g/mol. The third-order valence-electron chi connectivity index (χ3n) is 2.88. The first kappa shape index (κ1) is 17.0. The van der Waals surface area contributed by atoms with E-state index in [9.17, 15) is 4.79 Å². The van der Waals surface area contributed by atoms with Crippen molar-refractivity contribution >= 4 is 27.5 Å². The molecule has 112 valence electrons. The number of anilines is 1. The summed E-state index contributed by atoms with van der Waals surface area (Å²) in [6, 6.07) is 5.60. The van der Waals surface area contributed by atoms with Crippen molar-refractivity contribution in [2.24, 2.45) is 5.73 Å². The summed E-state index contributed by atoms with van der Waals surface area (Å²) in [6.45, 7) is 3.21. The average molecular weight is 343 g/mol. The van der Waals surface area contributed by atoms with Crippen LogP contribution >= 0.6 is 15.9 Å². The largest absolute Gasteiger partial charge is 0.492 e. The Morgan fingerprint density at radius 2 is 2.05 bits per heavy atom. The molecule has 20 heavy (non-hydrogen) atoms. The predicted octanol–water partition coefficient (Wildman–Crippen LogP) is 3.70. The van der Waals surface area contributed by atoms with Crippen LogP contribution in [-0.2, 0) is 4.79 Å². The molecule has 0 saturated carbocycles. The van der Waals surface area contributed by atoms with Gasteiger partial charge < -0.3 is 15.8 Å². The molecule has 0 unspecified atom stereocenters. The molecular formula is C15H23BrN2O2. The second-order valence-corrected chi connectivity index (χ2v) is 5.49. The Hall–Kier alpha value is -1.07. The Bertz CT molecular complexity index is 424. The Labute approximate surface area is 129 Å². The molecule has 0 atom stereocenters. The fraction of sp³-hybridized carbons (Fsp3) is 0.533. The molecule has 0 aromatic heterocycles. The van der Waals surface area contributed by atoms with Gasteiger partial charge in [-0.2, -0.15) is 0 Å². The maximum Gasteiger partial charge on any atom is 0.224 e. The van der Waals surface area contributed by atoms with E-state index in [1.54, 1.807) is 0 Å². The summed E-state index contributed by atoms with van der Waals surface area (Å²) in [5.41, 5.74) is 6.16. The number of nitrogens with one attached hydrogen (secondary N) is 1. The molecule has 1 aromatic carbocycles. The number of ether oxygens (including phenoxy) is 1. The van der Waals surface area contributed by atoms with Gasteiger partial charge in [0, 0.05) is 10.9 Å². The first-order valence-corrected chi connectivity index (χ1v) is 7.89. The van der Waals surface area contributed by atoms with Crippen LogP contribution in [0, 0.1) is 0 Å². The number of benzene rings is 1. The Kier molecular flexibility index (Phi) is 8.30. The number of nitrogens with two attached hydrogens (primary N) is 1. The SMILES string of the molecule is CCOc1cc(Br)ccc1NC(=O)CCCCCCN. The van der Waals surface area contributed by atoms with Gasteiger partial charge in [0.2, 0.25) is 5.91 Å². The molecule has 0 aliphatic rings. The van der Waals surface area contributed by atoms with Gasteiger partial charge in [0.25, 0.3) is 0 Å². The predicted molar refractivity (Wildman–Crippen MR) is 86.1 cm³/mol. The summed E-state index contributed by atoms with van der Waals surface area (Å²) in [5, 5.41) is 2.90. The second kappa shape index (κ2) is 9.77. The Morgan fingerprint density at radius 1 is 1.30 bits per heavy atom. The van der Waals surface area contributed by atoms with E-state index < -0.39 is 0 Å². The molecule has 0 saturated heterocycles. The Morgan fingerprint density at radius 3 is 2.75 bits per heavy atom. The number of amides is 1. The minimum absolute atomic E-state index is 0.0287. The molecule has 3 N–H and O–H groups in total. The third kappa shape index (κ3) is 6.39. The van der Waals surface area contributed by atoms with Gasteiger partial charge in [0.15, 0.2) is 0 Å². The third-order valence-corrected chi connectivity index (χ3v) is 3.37. The van der Waals surface area contributed by atoms with Gasteiger partial charge in [-0.15, -0.1) is 0 Å². The molecule has 0 bridgehead atoms. The first-order valence-electron chi connectivity index (χ1n) is 7.09. The molecule has 0 radical (unpaired) electrons. The van der Waals surface area contributed by atoms with E-state index in [-0.39, 0.29) is 5.91 Å². The highest BCUT2D eigenvalue weighted by atomic mass is 79.9. The molecule has 1 aromatic rings. The smallest absolute Gasteiger partial charge is 0.224 e. The van der Waals surface area contributed by atoms with E-state index in [2.05, 4.69) is 21.2 Å². The number of halogens is 1. The highest BCUT2D eigenvalue weighted by molar-refractivity contribution is 9.10. The van der Waals surface area contributed by atoms with Gasteiger partial charge in [-0.25, -0.2) is 0 Å². The highest BCUT2D eigenvalue weighted by Crippen LogP contribution is 2.28. The number of carbonyl (C=O) groups excluding carboxylic acids is 1. The lowest BCUT2D eigenvalue weighted by Crippen LogP contribution is -2.12. The summed E-state index contributed by atoms with van der Waals surface area (Å²) >= 11 is 3.40. The van der Waals surface area contributed by atoms with Crippen LogP contribution in [0.25, 0.3) is 0 Å². The summed E-state index contributed by atoms with van der Waals surface area (Å²) < 4.78 is 6.45. The van der Waals surface area contributed by atoms with E-state index in [0.717, 1.165) is 42.4 Å². The number of hydrogen-bond donors (Lipinski definition) is 2. The fourth-order valence-corrected chi connectivity index (χ4v) is 2.21. The van der Waals surface area contributed by atoms with Crippen molar-refractivity contribution in [2.75, 3.05) is 18.5 Å². The van der Waals surface area contributed by atoms with Crippen LogP contribution in [0.5, 0.6) is 5.75 Å². The zero-order chi connectivity index (χ0) is 14.8. The molecule has 0 aliphatic carbocycles. The quantitative estimate of drug-likeness (QED) is 0.672. The van der Waals surface area contributed by atoms with Crippen molar-refractivity contribution in [3.8, 4) is 5.75 Å². The summed E-state index contributed by atoms with van der Waals surface area (Å²) in [5.74, 6) is 0.722. The highest BCUT2D eigenvalue weighted by Gasteiger charge is 2.08. The number of carbonyl (C=O) groups is 1. The van der Waals surface area contributed by atoms with E-state index in [4.69, 9.17) is 10.5 Å². The number of unbranched alkanes of at least 4 members (excludes halogenated alkanes) is 3. The molecule has 0 spiro atoms. The van der Waals surface area contributed by atoms with Gasteiger partial charge >= 0.3 is 0 Å². The van der Waals surface area contributed by atoms with Crippen LogP contribution in [0.15, 0.2) is 22.7 Å². The van der Waals surface area contributed by atoms with Crippen LogP contribution in [0.1, 0.15) is 39.0 Å². The minimum atomic E-state index is 0.0287. The van der Waals surface area contributed by atoms with Gasteiger partial charge in [-0.1, -0.05) is 28.8 Å². The van der Waals surface area contributed by atoms with Crippen molar-refractivity contribution in [1.82, 2.24) is 0 Å². The molecule has 1 amide bonds. The van der Waals surface area contributed by atoms with Crippen LogP contribution < -0.4 is 15.8 Å². The standard InChI is InChI=1S/C15H23BrN2O2/c1-2-20-14-11-12(16)8-9-13(14)18-15(19)7-5-3-4-6-10-17/h8-9,11H,2-7,10,17H2,1H3,(H,18,19). The molecule has 0 heterocycles. The van der Waals surface area contributed by atoms with Crippen molar-refractivity contribution < 1.29 is 9.53 Å². The lowest BCUT2D eigenvalue weighted by molar-refractivity contribution is -0.116. The van der Waals surface area contributed by atoms with Crippen molar-refractivity contribution in [2.45, 2.75) is 39.0 Å².